The summed E-state index contributed by atoms with van der Waals surface area (Å²) in [5.41, 5.74) is 7.41. The van der Waals surface area contributed by atoms with Crippen molar-refractivity contribution in [1.82, 2.24) is 4.98 Å². The molecule has 0 aliphatic heterocycles. The Hall–Kier alpha value is -4.06. The minimum absolute atomic E-state index is 0.111. The summed E-state index contributed by atoms with van der Waals surface area (Å²) in [6.45, 7) is 0.00931. The molecule has 0 spiro atoms. The number of pyridine rings is 1. The van der Waals surface area contributed by atoms with Gasteiger partial charge in [0.05, 0.1) is 15.3 Å². The second-order valence-corrected chi connectivity index (χ2v) is 9.03. The second kappa shape index (κ2) is 11.6. The van der Waals surface area contributed by atoms with Crippen molar-refractivity contribution in [2.24, 2.45) is 11.7 Å². The van der Waals surface area contributed by atoms with E-state index in [0.29, 0.717) is 10.6 Å². The van der Waals surface area contributed by atoms with Crippen LogP contribution in [-0.4, -0.2) is 33.9 Å². The lowest BCUT2D eigenvalue weighted by Gasteiger charge is -2.29. The number of nitrogens with zero attached hydrogens (tertiary/aromatic N) is 2. The van der Waals surface area contributed by atoms with Crippen molar-refractivity contribution < 1.29 is 24.6 Å². The van der Waals surface area contributed by atoms with Gasteiger partial charge in [-0.25, -0.2) is 4.79 Å². The van der Waals surface area contributed by atoms with Crippen molar-refractivity contribution in [2.45, 2.75) is 18.9 Å². The minimum atomic E-state index is -1.25. The third-order valence-electron chi connectivity index (χ3n) is 5.57. The predicted octanol–water partition coefficient (Wildman–Crippen LogP) is 3.91. The highest BCUT2D eigenvalue weighted by atomic mass is 32.1. The molecule has 0 amide bonds. The third-order valence-corrected chi connectivity index (χ3v) is 6.58. The summed E-state index contributed by atoms with van der Waals surface area (Å²) in [6, 6.07) is 19.0. The smallest absolute Gasteiger partial charge is 0.338 e. The predicted molar refractivity (Wildman–Crippen MR) is 135 cm³/mol. The molecule has 0 aliphatic rings. The number of aliphatic hydroxyl groups excluding tert-OH is 1. The van der Waals surface area contributed by atoms with Gasteiger partial charge in [0.15, 0.2) is 0 Å². The molecule has 186 valence electrons. The fourth-order valence-electron chi connectivity index (χ4n) is 3.72. The molecule has 0 saturated heterocycles. The van der Waals surface area contributed by atoms with E-state index in [1.54, 1.807) is 12.4 Å². The SMILES string of the molecule is NC[C@H]([C@H](O)Nc1cc2ccncc2s1)[C@H](O[N+](=O)[O-])c1ccc(C(=O)OCc2ccccc2)cc1. The van der Waals surface area contributed by atoms with E-state index in [-0.39, 0.29) is 18.7 Å². The van der Waals surface area contributed by atoms with Gasteiger partial charge in [-0.2, -0.15) is 0 Å². The van der Waals surface area contributed by atoms with Crippen LogP contribution in [-0.2, 0) is 16.2 Å². The van der Waals surface area contributed by atoms with Crippen LogP contribution in [0, 0.1) is 16.0 Å². The highest BCUT2D eigenvalue weighted by Crippen LogP contribution is 2.33. The number of fused-ring (bicyclic) bond motifs is 1. The largest absolute Gasteiger partial charge is 0.457 e. The summed E-state index contributed by atoms with van der Waals surface area (Å²) in [7, 11) is 0. The molecule has 2 aromatic carbocycles. The topological polar surface area (TPSA) is 150 Å². The van der Waals surface area contributed by atoms with E-state index in [4.69, 9.17) is 15.3 Å². The zero-order chi connectivity index (χ0) is 25.5. The zero-order valence-electron chi connectivity index (χ0n) is 19.0. The van der Waals surface area contributed by atoms with Gasteiger partial charge in [0.1, 0.15) is 18.9 Å². The molecule has 4 aromatic rings. The van der Waals surface area contributed by atoms with Crippen molar-refractivity contribution in [3.63, 3.8) is 0 Å². The van der Waals surface area contributed by atoms with E-state index < -0.39 is 29.3 Å². The molecular formula is C25H24N4O6S. The minimum Gasteiger partial charge on any atom is -0.457 e. The van der Waals surface area contributed by atoms with Gasteiger partial charge in [0.25, 0.3) is 5.09 Å². The number of aromatic nitrogens is 1. The number of hydrogen-bond donors (Lipinski definition) is 3. The number of nitrogens with two attached hydrogens (primary N) is 1. The quantitative estimate of drug-likeness (QED) is 0.119. The van der Waals surface area contributed by atoms with Crippen molar-refractivity contribution in [3.05, 3.63) is 106 Å². The summed E-state index contributed by atoms with van der Waals surface area (Å²) < 4.78 is 6.25. The third kappa shape index (κ3) is 6.13. The summed E-state index contributed by atoms with van der Waals surface area (Å²) in [6.07, 6.45) is 0.942. The van der Waals surface area contributed by atoms with Gasteiger partial charge in [-0.05, 0) is 40.8 Å². The van der Waals surface area contributed by atoms with Gasteiger partial charge in [-0.15, -0.1) is 21.5 Å². The number of carbonyl (C=O) groups excluding carboxylic acids is 1. The molecule has 4 rings (SSSR count). The molecule has 10 nitrogen and oxygen atoms in total. The van der Waals surface area contributed by atoms with Crippen LogP contribution < -0.4 is 11.1 Å². The molecular weight excluding hydrogens is 484 g/mol. The lowest BCUT2D eigenvalue weighted by Crippen LogP contribution is -2.39. The van der Waals surface area contributed by atoms with E-state index >= 15 is 0 Å². The van der Waals surface area contributed by atoms with Crippen LogP contribution in [0.4, 0.5) is 5.00 Å². The van der Waals surface area contributed by atoms with Crippen molar-refractivity contribution >= 4 is 32.4 Å². The van der Waals surface area contributed by atoms with E-state index in [1.807, 2.05) is 42.5 Å². The number of anilines is 1. The highest BCUT2D eigenvalue weighted by molar-refractivity contribution is 7.22. The summed E-state index contributed by atoms with van der Waals surface area (Å²) >= 11 is 1.38. The van der Waals surface area contributed by atoms with Crippen molar-refractivity contribution in [3.8, 4) is 0 Å². The Morgan fingerprint density at radius 2 is 1.92 bits per heavy atom. The number of carbonyl (C=O) groups is 1. The first-order valence-corrected chi connectivity index (χ1v) is 11.9. The monoisotopic (exact) mass is 508 g/mol. The standard InChI is InChI=1S/C25H24N4O6S/c26-13-20(24(30)28-22-12-19-10-11-27-14-21(19)36-22)23(35-29(32)33)17-6-8-18(9-7-17)25(31)34-15-16-4-2-1-3-5-16/h1-12,14,20,23-24,28,30H,13,15,26H2/t20-,23+,24-/m0/s1. The summed E-state index contributed by atoms with van der Waals surface area (Å²) in [5, 5.41) is 25.8. The average molecular weight is 509 g/mol. The van der Waals surface area contributed by atoms with E-state index in [9.17, 15) is 20.0 Å². The van der Waals surface area contributed by atoms with Crippen LogP contribution in [0.3, 0.4) is 0 Å². The number of nitrogens with one attached hydrogen (secondary N) is 1. The zero-order valence-corrected chi connectivity index (χ0v) is 19.8. The summed E-state index contributed by atoms with van der Waals surface area (Å²) in [4.78, 5) is 32.7. The number of hydrogen-bond acceptors (Lipinski definition) is 10. The fraction of sp³-hybridized carbons (Fsp3) is 0.200. The number of ether oxygens (including phenoxy) is 1. The maximum atomic E-state index is 12.4. The van der Waals surface area contributed by atoms with Crippen LogP contribution in [0.1, 0.15) is 27.6 Å². The molecule has 2 heterocycles. The van der Waals surface area contributed by atoms with Crippen molar-refractivity contribution in [2.75, 3.05) is 11.9 Å². The molecule has 0 aliphatic carbocycles. The Morgan fingerprint density at radius 3 is 2.58 bits per heavy atom. The van der Waals surface area contributed by atoms with E-state index in [1.165, 1.54) is 35.6 Å². The van der Waals surface area contributed by atoms with Gasteiger partial charge >= 0.3 is 5.97 Å². The summed E-state index contributed by atoms with van der Waals surface area (Å²) in [5.74, 6) is -1.41. The second-order valence-electron chi connectivity index (χ2n) is 7.95. The maximum Gasteiger partial charge on any atom is 0.338 e. The molecule has 2 aromatic heterocycles. The Bertz CT molecular complexity index is 1280. The van der Waals surface area contributed by atoms with Crippen LogP contribution in [0.25, 0.3) is 10.1 Å². The van der Waals surface area contributed by atoms with Crippen LogP contribution >= 0.6 is 11.3 Å². The van der Waals surface area contributed by atoms with E-state index in [2.05, 4.69) is 10.3 Å². The fourth-order valence-corrected chi connectivity index (χ4v) is 4.68. The first-order chi connectivity index (χ1) is 17.4. The van der Waals surface area contributed by atoms with Gasteiger partial charge < -0.3 is 25.7 Å². The molecule has 4 N–H and O–H groups in total. The molecule has 0 bridgehead atoms. The number of rotatable bonds is 11. The lowest BCUT2D eigenvalue weighted by molar-refractivity contribution is -0.773. The molecule has 0 unspecified atom stereocenters. The number of thiophene rings is 1. The first-order valence-electron chi connectivity index (χ1n) is 11.0. The Morgan fingerprint density at radius 1 is 1.17 bits per heavy atom. The first kappa shape index (κ1) is 25.0. The Kier molecular flexibility index (Phi) is 8.06. The highest BCUT2D eigenvalue weighted by Gasteiger charge is 2.32. The van der Waals surface area contributed by atoms with Gasteiger partial charge in [0.2, 0.25) is 0 Å². The number of aliphatic hydroxyl groups is 1. The van der Waals surface area contributed by atoms with Crippen molar-refractivity contribution in [1.29, 1.82) is 0 Å². The molecule has 11 heteroatoms. The molecule has 0 fully saturated rings. The van der Waals surface area contributed by atoms with Gasteiger partial charge in [-0.1, -0.05) is 42.5 Å². The normalized spacial score (nSPS) is 13.5. The average Bonchev–Trinajstić information content (AvgIpc) is 3.30. The molecule has 0 saturated carbocycles. The lowest BCUT2D eigenvalue weighted by atomic mass is 9.93. The Balaban J connectivity index is 1.48. The van der Waals surface area contributed by atoms with Crippen LogP contribution in [0.5, 0.6) is 0 Å². The molecule has 36 heavy (non-hydrogen) atoms. The van der Waals surface area contributed by atoms with Gasteiger partial charge in [-0.3, -0.25) is 4.98 Å². The number of benzene rings is 2. The van der Waals surface area contributed by atoms with Crippen LogP contribution in [0.2, 0.25) is 0 Å². The Labute approximate surface area is 210 Å². The maximum absolute atomic E-state index is 12.4. The van der Waals surface area contributed by atoms with Crippen LogP contribution in [0.15, 0.2) is 79.1 Å². The van der Waals surface area contributed by atoms with E-state index in [0.717, 1.165) is 15.6 Å². The molecule has 0 radical (unpaired) electrons. The van der Waals surface area contributed by atoms with Gasteiger partial charge in [0, 0.05) is 24.9 Å². The number of esters is 1. The molecule has 3 atom stereocenters.